The molecule has 1 aromatic heterocycles. The van der Waals surface area contributed by atoms with Crippen LogP contribution < -0.4 is 0 Å². The number of thiophene rings is 1. The molecular weight excluding hydrogens is 348 g/mol. The molecule has 1 saturated heterocycles. The summed E-state index contributed by atoms with van der Waals surface area (Å²) >= 11 is 1.43. The van der Waals surface area contributed by atoms with Crippen LogP contribution in [0.1, 0.15) is 18.2 Å². The molecule has 0 aliphatic carbocycles. The van der Waals surface area contributed by atoms with E-state index in [1.54, 1.807) is 13.0 Å². The van der Waals surface area contributed by atoms with Crippen LogP contribution in [-0.2, 0) is 19.4 Å². The summed E-state index contributed by atoms with van der Waals surface area (Å²) in [7, 11) is -3.26. The number of hydrogen-bond acceptors (Lipinski definition) is 6. The molecule has 24 heavy (non-hydrogen) atoms. The van der Waals surface area contributed by atoms with Crippen molar-refractivity contribution in [3.8, 4) is 6.07 Å². The smallest absolute Gasteiger partial charge is 0.270 e. The predicted octanol–water partition coefficient (Wildman–Crippen LogP) is 1.53. The molecule has 3 heterocycles. The highest BCUT2D eigenvalue weighted by molar-refractivity contribution is 7.91. The average Bonchev–Trinajstić information content (AvgIpc) is 3.14. The van der Waals surface area contributed by atoms with E-state index in [0.29, 0.717) is 5.57 Å². The third kappa shape index (κ3) is 2.81. The van der Waals surface area contributed by atoms with Crippen molar-refractivity contribution in [1.82, 2.24) is 4.90 Å². The molecule has 2 aliphatic heterocycles. The zero-order chi connectivity index (χ0) is 17.5. The Morgan fingerprint density at radius 3 is 2.67 bits per heavy atom. The van der Waals surface area contributed by atoms with E-state index in [1.165, 1.54) is 11.3 Å². The molecule has 1 atom stereocenters. The van der Waals surface area contributed by atoms with Gasteiger partial charge >= 0.3 is 0 Å². The molecule has 1 unspecified atom stereocenters. The second-order valence-electron chi connectivity index (χ2n) is 5.72. The van der Waals surface area contributed by atoms with E-state index in [2.05, 4.69) is 0 Å². The fourth-order valence-electron chi connectivity index (χ4n) is 2.93. The Hall–Kier alpha value is -2.24. The first kappa shape index (κ1) is 16.6. The highest BCUT2D eigenvalue weighted by Crippen LogP contribution is 2.31. The third-order valence-electron chi connectivity index (χ3n) is 4.18. The van der Waals surface area contributed by atoms with Gasteiger partial charge in [-0.25, -0.2) is 8.42 Å². The summed E-state index contributed by atoms with van der Waals surface area (Å²) in [5.74, 6) is -1.53. The summed E-state index contributed by atoms with van der Waals surface area (Å²) in [5, 5.41) is 11.2. The molecule has 1 aromatic rings. The standard InChI is InChI=1S/C16H14N2O4S2/c1-10-13(7-12-3-2-5-23-12)15(19)18(16(20)14(10)8-17)11-4-6-24(21,22)9-11/h2-3,5,7,11H,4,6,9H2,1H3. The summed E-state index contributed by atoms with van der Waals surface area (Å²) in [6, 6.07) is 4.81. The molecule has 2 aliphatic rings. The number of nitrogens with zero attached hydrogens (tertiary/aromatic N) is 2. The van der Waals surface area contributed by atoms with E-state index < -0.39 is 27.7 Å². The highest BCUT2D eigenvalue weighted by Gasteiger charge is 2.43. The van der Waals surface area contributed by atoms with Gasteiger partial charge in [-0.2, -0.15) is 5.26 Å². The summed E-state index contributed by atoms with van der Waals surface area (Å²) in [6.07, 6.45) is 1.85. The Morgan fingerprint density at radius 2 is 2.12 bits per heavy atom. The van der Waals surface area contributed by atoms with Gasteiger partial charge in [-0.3, -0.25) is 14.5 Å². The number of carbonyl (C=O) groups excluding carboxylic acids is 2. The number of rotatable bonds is 2. The van der Waals surface area contributed by atoms with E-state index in [1.807, 2.05) is 23.6 Å². The Balaban J connectivity index is 2.08. The zero-order valence-electron chi connectivity index (χ0n) is 12.9. The SMILES string of the molecule is CC1=C(C#N)C(=O)N(C2CCS(=O)(=O)C2)C(=O)C1=Cc1cccs1. The lowest BCUT2D eigenvalue weighted by molar-refractivity contribution is -0.142. The van der Waals surface area contributed by atoms with Gasteiger partial charge in [-0.15, -0.1) is 11.3 Å². The first-order valence-electron chi connectivity index (χ1n) is 7.29. The van der Waals surface area contributed by atoms with Gasteiger partial charge in [0.1, 0.15) is 11.6 Å². The molecule has 0 N–H and O–H groups in total. The van der Waals surface area contributed by atoms with Gasteiger partial charge in [0.2, 0.25) is 0 Å². The van der Waals surface area contributed by atoms with Crippen LogP contribution in [0.25, 0.3) is 6.08 Å². The minimum absolute atomic E-state index is 0.0523. The van der Waals surface area contributed by atoms with Crippen LogP contribution in [0.5, 0.6) is 0 Å². The minimum Gasteiger partial charge on any atom is -0.270 e. The number of sulfone groups is 1. The Bertz CT molecular complexity index is 918. The van der Waals surface area contributed by atoms with Crippen molar-refractivity contribution in [3.05, 3.63) is 39.1 Å². The van der Waals surface area contributed by atoms with E-state index in [4.69, 9.17) is 0 Å². The summed E-state index contributed by atoms with van der Waals surface area (Å²) in [5.41, 5.74) is 0.484. The average molecular weight is 362 g/mol. The maximum atomic E-state index is 12.8. The van der Waals surface area contributed by atoms with Crippen LogP contribution in [0.2, 0.25) is 0 Å². The van der Waals surface area contributed by atoms with Crippen molar-refractivity contribution in [2.24, 2.45) is 0 Å². The summed E-state index contributed by atoms with van der Waals surface area (Å²) in [4.78, 5) is 27.1. The largest absolute Gasteiger partial charge is 0.271 e. The van der Waals surface area contributed by atoms with Gasteiger partial charge in [-0.05, 0) is 36.4 Å². The third-order valence-corrected chi connectivity index (χ3v) is 6.75. The number of amides is 2. The van der Waals surface area contributed by atoms with Crippen molar-refractivity contribution < 1.29 is 18.0 Å². The maximum absolute atomic E-state index is 12.8. The number of nitriles is 1. The molecule has 0 saturated carbocycles. The normalized spacial score (nSPS) is 25.4. The van der Waals surface area contributed by atoms with Gasteiger partial charge in [-0.1, -0.05) is 6.07 Å². The van der Waals surface area contributed by atoms with Crippen molar-refractivity contribution >= 4 is 39.1 Å². The van der Waals surface area contributed by atoms with Crippen molar-refractivity contribution in [2.75, 3.05) is 11.5 Å². The molecule has 8 heteroatoms. The molecule has 0 aromatic carbocycles. The Kier molecular flexibility index (Phi) is 4.15. The summed E-state index contributed by atoms with van der Waals surface area (Å²) in [6.45, 7) is 1.57. The molecule has 0 radical (unpaired) electrons. The topological polar surface area (TPSA) is 95.3 Å². The lowest BCUT2D eigenvalue weighted by atomic mass is 9.93. The number of hydrogen-bond donors (Lipinski definition) is 0. The van der Waals surface area contributed by atoms with Gasteiger partial charge in [0, 0.05) is 10.5 Å². The van der Waals surface area contributed by atoms with Crippen molar-refractivity contribution in [1.29, 1.82) is 5.26 Å². The first-order chi connectivity index (χ1) is 11.3. The molecule has 0 spiro atoms. The van der Waals surface area contributed by atoms with E-state index in [0.717, 1.165) is 9.78 Å². The first-order valence-corrected chi connectivity index (χ1v) is 9.99. The lowest BCUT2D eigenvalue weighted by Gasteiger charge is -2.31. The van der Waals surface area contributed by atoms with Crippen molar-refractivity contribution in [2.45, 2.75) is 19.4 Å². The van der Waals surface area contributed by atoms with Crippen LogP contribution in [0, 0.1) is 11.3 Å². The van der Waals surface area contributed by atoms with E-state index in [-0.39, 0.29) is 29.1 Å². The van der Waals surface area contributed by atoms with Crippen LogP contribution >= 0.6 is 11.3 Å². The van der Waals surface area contributed by atoms with E-state index in [9.17, 15) is 23.3 Å². The summed E-state index contributed by atoms with van der Waals surface area (Å²) < 4.78 is 23.4. The number of carbonyl (C=O) groups is 2. The van der Waals surface area contributed by atoms with Crippen LogP contribution in [0.15, 0.2) is 34.2 Å². The van der Waals surface area contributed by atoms with Crippen LogP contribution in [-0.4, -0.2) is 42.7 Å². The quantitative estimate of drug-likeness (QED) is 0.587. The van der Waals surface area contributed by atoms with Crippen LogP contribution in [0.3, 0.4) is 0 Å². The van der Waals surface area contributed by atoms with Gasteiger partial charge in [0.15, 0.2) is 9.84 Å². The second kappa shape index (κ2) is 6.00. The zero-order valence-corrected chi connectivity index (χ0v) is 14.5. The lowest BCUT2D eigenvalue weighted by Crippen LogP contribution is -2.49. The van der Waals surface area contributed by atoms with Crippen molar-refractivity contribution in [3.63, 3.8) is 0 Å². The number of imide groups is 1. The monoisotopic (exact) mass is 362 g/mol. The molecular formula is C16H14N2O4S2. The molecule has 6 nitrogen and oxygen atoms in total. The Morgan fingerprint density at radius 1 is 1.38 bits per heavy atom. The van der Waals surface area contributed by atoms with Crippen LogP contribution in [0.4, 0.5) is 0 Å². The minimum atomic E-state index is -3.26. The van der Waals surface area contributed by atoms with E-state index >= 15 is 0 Å². The molecule has 124 valence electrons. The molecule has 1 fully saturated rings. The van der Waals surface area contributed by atoms with Gasteiger partial charge < -0.3 is 0 Å². The fourth-order valence-corrected chi connectivity index (χ4v) is 5.28. The fraction of sp³-hybridized carbons (Fsp3) is 0.312. The van der Waals surface area contributed by atoms with Gasteiger partial charge in [0.25, 0.3) is 11.8 Å². The predicted molar refractivity (Wildman–Crippen MR) is 89.5 cm³/mol. The molecule has 3 rings (SSSR count). The maximum Gasteiger partial charge on any atom is 0.271 e. The molecule has 0 bridgehead atoms. The second-order valence-corrected chi connectivity index (χ2v) is 8.93. The highest BCUT2D eigenvalue weighted by atomic mass is 32.2. The Labute approximate surface area is 143 Å². The van der Waals surface area contributed by atoms with Gasteiger partial charge in [0.05, 0.1) is 17.5 Å². The molecule has 2 amide bonds.